The summed E-state index contributed by atoms with van der Waals surface area (Å²) in [5.41, 5.74) is -0.515. The van der Waals surface area contributed by atoms with Crippen LogP contribution in [0, 0.1) is 24.1 Å². The highest BCUT2D eigenvalue weighted by atomic mass is 32.2. The maximum absolute atomic E-state index is 13.4. The van der Waals surface area contributed by atoms with E-state index in [4.69, 9.17) is 9.78 Å². The van der Waals surface area contributed by atoms with Gasteiger partial charge in [0.15, 0.2) is 5.82 Å². The van der Waals surface area contributed by atoms with Crippen molar-refractivity contribution >= 4 is 10.0 Å². The topological polar surface area (TPSA) is 109 Å². The molecule has 0 spiro atoms. The molecule has 2 aromatic rings. The Kier molecular flexibility index (Phi) is 4.30. The molecule has 0 aliphatic carbocycles. The lowest BCUT2D eigenvalue weighted by Gasteiger charge is -2.07. The molecule has 1 aromatic carbocycles. The van der Waals surface area contributed by atoms with E-state index in [2.05, 4.69) is 14.9 Å². The van der Waals surface area contributed by atoms with Crippen molar-refractivity contribution in [2.75, 3.05) is 6.54 Å². The third-order valence-electron chi connectivity index (χ3n) is 2.58. The zero-order chi connectivity index (χ0) is 15.5. The van der Waals surface area contributed by atoms with E-state index in [1.807, 2.05) is 0 Å². The number of halogens is 1. The van der Waals surface area contributed by atoms with Gasteiger partial charge in [0.25, 0.3) is 0 Å². The van der Waals surface area contributed by atoms with Crippen molar-refractivity contribution in [2.24, 2.45) is 0 Å². The Morgan fingerprint density at radius 3 is 2.86 bits per heavy atom. The second kappa shape index (κ2) is 5.99. The fourth-order valence-corrected chi connectivity index (χ4v) is 2.84. The van der Waals surface area contributed by atoms with Gasteiger partial charge in [0, 0.05) is 13.0 Å². The summed E-state index contributed by atoms with van der Waals surface area (Å²) in [5, 5.41) is 12.4. The Balaban J connectivity index is 2.12. The highest BCUT2D eigenvalue weighted by Gasteiger charge is 2.21. The number of sulfonamides is 1. The molecule has 0 unspecified atom stereocenters. The molecule has 0 radical (unpaired) electrons. The first-order valence-corrected chi connectivity index (χ1v) is 7.40. The smallest absolute Gasteiger partial charge is 0.242 e. The van der Waals surface area contributed by atoms with E-state index in [0.717, 1.165) is 6.07 Å². The Morgan fingerprint density at radius 2 is 2.24 bits per heavy atom. The Hall–Kier alpha value is -2.31. The zero-order valence-electron chi connectivity index (χ0n) is 11.0. The van der Waals surface area contributed by atoms with Crippen molar-refractivity contribution in [3.8, 4) is 6.07 Å². The van der Waals surface area contributed by atoms with Gasteiger partial charge in [-0.05, 0) is 19.1 Å². The van der Waals surface area contributed by atoms with E-state index in [1.165, 1.54) is 12.1 Å². The SMILES string of the molecule is Cc1noc(CCNS(=O)(=O)c2cccc(F)c2C#N)n1. The van der Waals surface area contributed by atoms with Gasteiger partial charge in [-0.3, -0.25) is 0 Å². The average Bonchev–Trinajstić information content (AvgIpc) is 2.84. The molecule has 0 bridgehead atoms. The van der Waals surface area contributed by atoms with Gasteiger partial charge < -0.3 is 4.52 Å². The standard InChI is InChI=1S/C12H11FN4O3S/c1-8-16-12(20-17-8)5-6-15-21(18,19)11-4-2-3-10(13)9(11)7-14/h2-4,15H,5-6H2,1H3. The predicted octanol–water partition coefficient (Wildman–Crippen LogP) is 0.910. The lowest BCUT2D eigenvalue weighted by molar-refractivity contribution is 0.375. The number of aromatic nitrogens is 2. The first-order chi connectivity index (χ1) is 9.94. The van der Waals surface area contributed by atoms with Gasteiger partial charge in [-0.1, -0.05) is 11.2 Å². The number of nitrogens with one attached hydrogen (secondary N) is 1. The summed E-state index contributed by atoms with van der Waals surface area (Å²) < 4.78 is 44.7. The maximum atomic E-state index is 13.4. The molecular formula is C12H11FN4O3S. The second-order valence-electron chi connectivity index (χ2n) is 4.11. The third kappa shape index (κ3) is 3.42. The summed E-state index contributed by atoms with van der Waals surface area (Å²) in [6.45, 7) is 1.63. The number of rotatable bonds is 5. The van der Waals surface area contributed by atoms with E-state index in [0.29, 0.717) is 5.82 Å². The van der Waals surface area contributed by atoms with Gasteiger partial charge in [-0.2, -0.15) is 10.2 Å². The quantitative estimate of drug-likeness (QED) is 0.879. The van der Waals surface area contributed by atoms with Crippen molar-refractivity contribution in [1.82, 2.24) is 14.9 Å². The molecule has 1 N–H and O–H groups in total. The molecule has 1 aromatic heterocycles. The summed E-state index contributed by atoms with van der Waals surface area (Å²) in [4.78, 5) is 3.53. The second-order valence-corrected chi connectivity index (χ2v) is 5.84. The number of benzene rings is 1. The van der Waals surface area contributed by atoms with Crippen LogP contribution in [0.25, 0.3) is 0 Å². The molecule has 0 saturated heterocycles. The normalized spacial score (nSPS) is 11.3. The number of hydrogen-bond acceptors (Lipinski definition) is 6. The minimum Gasteiger partial charge on any atom is -0.339 e. The van der Waals surface area contributed by atoms with Crippen molar-refractivity contribution in [2.45, 2.75) is 18.2 Å². The van der Waals surface area contributed by atoms with Crippen LogP contribution in [-0.4, -0.2) is 25.1 Å². The van der Waals surface area contributed by atoms with Gasteiger partial charge in [0.2, 0.25) is 15.9 Å². The largest absolute Gasteiger partial charge is 0.339 e. The fraction of sp³-hybridized carbons (Fsp3) is 0.250. The molecular weight excluding hydrogens is 299 g/mol. The van der Waals surface area contributed by atoms with Gasteiger partial charge in [-0.25, -0.2) is 17.5 Å². The fourth-order valence-electron chi connectivity index (χ4n) is 1.65. The molecule has 0 fully saturated rings. The van der Waals surface area contributed by atoms with Crippen LogP contribution in [0.5, 0.6) is 0 Å². The van der Waals surface area contributed by atoms with Crippen LogP contribution in [0.3, 0.4) is 0 Å². The summed E-state index contributed by atoms with van der Waals surface area (Å²) in [7, 11) is -3.99. The zero-order valence-corrected chi connectivity index (χ0v) is 11.8. The van der Waals surface area contributed by atoms with Crippen LogP contribution >= 0.6 is 0 Å². The van der Waals surface area contributed by atoms with Gasteiger partial charge >= 0.3 is 0 Å². The molecule has 2 rings (SSSR count). The van der Waals surface area contributed by atoms with Crippen LogP contribution < -0.4 is 4.72 Å². The average molecular weight is 310 g/mol. The molecule has 110 valence electrons. The van der Waals surface area contributed by atoms with E-state index >= 15 is 0 Å². The van der Waals surface area contributed by atoms with Gasteiger partial charge in [0.1, 0.15) is 22.3 Å². The monoisotopic (exact) mass is 310 g/mol. The molecule has 0 amide bonds. The van der Waals surface area contributed by atoms with E-state index in [-0.39, 0.29) is 18.9 Å². The predicted molar refractivity (Wildman–Crippen MR) is 69.0 cm³/mol. The Labute approximate surface area is 120 Å². The van der Waals surface area contributed by atoms with Gasteiger partial charge in [-0.15, -0.1) is 0 Å². The van der Waals surface area contributed by atoms with Crippen LogP contribution in [0.1, 0.15) is 17.3 Å². The number of aryl methyl sites for hydroxylation is 1. The number of nitriles is 1. The molecule has 9 heteroatoms. The molecule has 21 heavy (non-hydrogen) atoms. The highest BCUT2D eigenvalue weighted by Crippen LogP contribution is 2.17. The van der Waals surface area contributed by atoms with Crippen LogP contribution in [-0.2, 0) is 16.4 Å². The lowest BCUT2D eigenvalue weighted by Crippen LogP contribution is -2.27. The Bertz CT molecular complexity index is 795. The van der Waals surface area contributed by atoms with E-state index in [1.54, 1.807) is 13.0 Å². The molecule has 0 atom stereocenters. The van der Waals surface area contributed by atoms with Crippen molar-refractivity contribution < 1.29 is 17.3 Å². The summed E-state index contributed by atoms with van der Waals surface area (Å²) in [5.74, 6) is -0.146. The maximum Gasteiger partial charge on any atom is 0.242 e. The molecule has 0 aliphatic heterocycles. The number of hydrogen-bond donors (Lipinski definition) is 1. The summed E-state index contributed by atoms with van der Waals surface area (Å²) in [6, 6.07) is 4.97. The summed E-state index contributed by atoms with van der Waals surface area (Å²) >= 11 is 0. The lowest BCUT2D eigenvalue weighted by atomic mass is 10.2. The number of nitrogens with zero attached hydrogens (tertiary/aromatic N) is 3. The minimum absolute atomic E-state index is 0.00858. The Morgan fingerprint density at radius 1 is 1.48 bits per heavy atom. The van der Waals surface area contributed by atoms with Crippen molar-refractivity contribution in [3.63, 3.8) is 0 Å². The highest BCUT2D eigenvalue weighted by molar-refractivity contribution is 7.89. The van der Waals surface area contributed by atoms with Gasteiger partial charge in [0.05, 0.1) is 0 Å². The van der Waals surface area contributed by atoms with E-state index in [9.17, 15) is 12.8 Å². The summed E-state index contributed by atoms with van der Waals surface area (Å²) in [6.07, 6.45) is 0.192. The molecule has 0 aliphatic rings. The van der Waals surface area contributed by atoms with Crippen molar-refractivity contribution in [3.05, 3.63) is 41.3 Å². The van der Waals surface area contributed by atoms with Crippen LogP contribution in [0.2, 0.25) is 0 Å². The van der Waals surface area contributed by atoms with Crippen LogP contribution in [0.15, 0.2) is 27.6 Å². The molecule has 7 nitrogen and oxygen atoms in total. The molecule has 1 heterocycles. The molecule has 0 saturated carbocycles. The first kappa shape index (κ1) is 15.1. The van der Waals surface area contributed by atoms with Crippen molar-refractivity contribution in [1.29, 1.82) is 5.26 Å². The minimum atomic E-state index is -3.99. The van der Waals surface area contributed by atoms with Crippen LogP contribution in [0.4, 0.5) is 4.39 Å². The third-order valence-corrected chi connectivity index (χ3v) is 4.08. The van der Waals surface area contributed by atoms with E-state index < -0.39 is 26.3 Å². The first-order valence-electron chi connectivity index (χ1n) is 5.91.